The highest BCUT2D eigenvalue weighted by molar-refractivity contribution is 7.15. The van der Waals surface area contributed by atoms with E-state index in [1.54, 1.807) is 6.20 Å². The van der Waals surface area contributed by atoms with Crippen molar-refractivity contribution in [3.8, 4) is 0 Å². The van der Waals surface area contributed by atoms with Crippen LogP contribution in [0.1, 0.15) is 22.3 Å². The summed E-state index contributed by atoms with van der Waals surface area (Å²) in [5.41, 5.74) is 0.268. The monoisotopic (exact) mass is 263 g/mol. The van der Waals surface area contributed by atoms with Crippen LogP contribution >= 0.6 is 11.3 Å². The molecule has 18 heavy (non-hydrogen) atoms. The number of anilines is 2. The van der Waals surface area contributed by atoms with E-state index >= 15 is 0 Å². The molecule has 0 aliphatic heterocycles. The minimum absolute atomic E-state index is 0.268. The van der Waals surface area contributed by atoms with E-state index in [-0.39, 0.29) is 11.6 Å². The van der Waals surface area contributed by atoms with Crippen molar-refractivity contribution in [1.82, 2.24) is 15.0 Å². The highest BCUT2D eigenvalue weighted by Crippen LogP contribution is 2.17. The van der Waals surface area contributed by atoms with Crippen LogP contribution in [0.25, 0.3) is 0 Å². The van der Waals surface area contributed by atoms with Gasteiger partial charge in [0.15, 0.2) is 5.13 Å². The standard InChI is InChI=1S/C11H13N5OS/c1-3-12-9-6-13-8(5-14-9)10(17)16-11-15-4-7(2)18-11/h4-6H,3H2,1-2H3,(H,12,14)(H,15,16,17). The fourth-order valence-corrected chi connectivity index (χ4v) is 1.95. The molecule has 2 aromatic heterocycles. The molecule has 94 valence electrons. The number of thiazole rings is 1. The Kier molecular flexibility index (Phi) is 3.83. The van der Waals surface area contributed by atoms with E-state index < -0.39 is 0 Å². The fraction of sp³-hybridized carbons (Fsp3) is 0.273. The molecule has 2 N–H and O–H groups in total. The van der Waals surface area contributed by atoms with Gasteiger partial charge in [0.05, 0.1) is 12.4 Å². The molecule has 0 atom stereocenters. The molecular formula is C11H13N5OS. The van der Waals surface area contributed by atoms with Crippen molar-refractivity contribution in [1.29, 1.82) is 0 Å². The van der Waals surface area contributed by atoms with E-state index in [4.69, 9.17) is 0 Å². The second-order valence-electron chi connectivity index (χ2n) is 3.55. The highest BCUT2D eigenvalue weighted by atomic mass is 32.1. The predicted molar refractivity (Wildman–Crippen MR) is 71.0 cm³/mol. The number of aromatic nitrogens is 3. The first-order chi connectivity index (χ1) is 8.69. The topological polar surface area (TPSA) is 79.8 Å². The third kappa shape index (κ3) is 3.01. The first kappa shape index (κ1) is 12.4. The number of hydrogen-bond donors (Lipinski definition) is 2. The van der Waals surface area contributed by atoms with Crippen LogP contribution in [0.15, 0.2) is 18.6 Å². The highest BCUT2D eigenvalue weighted by Gasteiger charge is 2.10. The van der Waals surface area contributed by atoms with E-state index in [1.807, 2.05) is 13.8 Å². The van der Waals surface area contributed by atoms with Gasteiger partial charge in [-0.25, -0.2) is 15.0 Å². The van der Waals surface area contributed by atoms with Gasteiger partial charge in [-0.2, -0.15) is 0 Å². The second kappa shape index (κ2) is 5.54. The quantitative estimate of drug-likeness (QED) is 0.881. The number of amides is 1. The van der Waals surface area contributed by atoms with Crippen LogP contribution in [0.2, 0.25) is 0 Å². The SMILES string of the molecule is CCNc1cnc(C(=O)Nc2ncc(C)s2)cn1. The summed E-state index contributed by atoms with van der Waals surface area (Å²) in [6.07, 6.45) is 4.68. The summed E-state index contributed by atoms with van der Waals surface area (Å²) in [5, 5.41) is 6.25. The smallest absolute Gasteiger partial charge is 0.277 e. The van der Waals surface area contributed by atoms with Gasteiger partial charge in [-0.15, -0.1) is 11.3 Å². The third-order valence-corrected chi connectivity index (χ3v) is 2.91. The molecule has 0 aliphatic rings. The lowest BCUT2D eigenvalue weighted by Gasteiger charge is -2.03. The van der Waals surface area contributed by atoms with E-state index in [2.05, 4.69) is 25.6 Å². The van der Waals surface area contributed by atoms with E-state index in [0.29, 0.717) is 10.9 Å². The van der Waals surface area contributed by atoms with Crippen LogP contribution < -0.4 is 10.6 Å². The van der Waals surface area contributed by atoms with Crippen LogP contribution in [0.5, 0.6) is 0 Å². The van der Waals surface area contributed by atoms with Gasteiger partial charge in [0.1, 0.15) is 11.5 Å². The summed E-state index contributed by atoms with van der Waals surface area (Å²) in [5.74, 6) is 0.346. The maximum absolute atomic E-state index is 11.8. The van der Waals surface area contributed by atoms with Crippen molar-refractivity contribution in [2.75, 3.05) is 17.2 Å². The zero-order valence-corrected chi connectivity index (χ0v) is 10.9. The first-order valence-corrected chi connectivity index (χ1v) is 6.30. The van der Waals surface area contributed by atoms with Crippen LogP contribution in [0.3, 0.4) is 0 Å². The molecule has 0 aromatic carbocycles. The van der Waals surface area contributed by atoms with Crippen molar-refractivity contribution in [2.45, 2.75) is 13.8 Å². The molecule has 2 heterocycles. The first-order valence-electron chi connectivity index (χ1n) is 5.48. The molecule has 2 aromatic rings. The van der Waals surface area contributed by atoms with E-state index in [1.165, 1.54) is 23.7 Å². The van der Waals surface area contributed by atoms with Gasteiger partial charge < -0.3 is 5.32 Å². The molecule has 0 spiro atoms. The Bertz CT molecular complexity index is 537. The Morgan fingerprint density at radius 3 is 2.67 bits per heavy atom. The molecule has 7 heteroatoms. The molecule has 2 rings (SSSR count). The van der Waals surface area contributed by atoms with Gasteiger partial charge in [0.25, 0.3) is 5.91 Å². The Morgan fingerprint density at radius 1 is 1.28 bits per heavy atom. The summed E-state index contributed by atoms with van der Waals surface area (Å²) < 4.78 is 0. The largest absolute Gasteiger partial charge is 0.369 e. The summed E-state index contributed by atoms with van der Waals surface area (Å²) in [6, 6.07) is 0. The minimum atomic E-state index is -0.306. The summed E-state index contributed by atoms with van der Waals surface area (Å²) in [6.45, 7) is 4.66. The Labute approximate surface area is 109 Å². The molecule has 0 fully saturated rings. The van der Waals surface area contributed by atoms with Crippen molar-refractivity contribution in [2.24, 2.45) is 0 Å². The molecule has 6 nitrogen and oxygen atoms in total. The van der Waals surface area contributed by atoms with Crippen LogP contribution in [0.4, 0.5) is 10.9 Å². The van der Waals surface area contributed by atoms with Gasteiger partial charge in [-0.05, 0) is 13.8 Å². The van der Waals surface area contributed by atoms with E-state index in [0.717, 1.165) is 11.4 Å². The molecule has 0 saturated heterocycles. The Hall–Kier alpha value is -2.02. The van der Waals surface area contributed by atoms with Crippen LogP contribution in [0, 0.1) is 6.92 Å². The average Bonchev–Trinajstić information content (AvgIpc) is 2.76. The Morgan fingerprint density at radius 2 is 2.11 bits per heavy atom. The molecule has 0 bridgehead atoms. The van der Waals surface area contributed by atoms with Gasteiger partial charge in [0, 0.05) is 17.6 Å². The molecule has 1 amide bonds. The maximum Gasteiger partial charge on any atom is 0.277 e. The molecule has 0 aliphatic carbocycles. The molecule has 0 saturated carbocycles. The average molecular weight is 263 g/mol. The number of rotatable bonds is 4. The summed E-state index contributed by atoms with van der Waals surface area (Å²) in [7, 11) is 0. The van der Waals surface area contributed by atoms with Crippen LogP contribution in [-0.4, -0.2) is 27.4 Å². The number of aryl methyl sites for hydroxylation is 1. The second-order valence-corrected chi connectivity index (χ2v) is 4.78. The normalized spacial score (nSPS) is 10.1. The van der Waals surface area contributed by atoms with Gasteiger partial charge in [0.2, 0.25) is 0 Å². The number of carbonyl (C=O) groups excluding carboxylic acids is 1. The number of nitrogens with one attached hydrogen (secondary N) is 2. The third-order valence-electron chi connectivity index (χ3n) is 2.08. The number of carbonyl (C=O) groups is 1. The fourth-order valence-electron chi connectivity index (χ4n) is 1.29. The Balaban J connectivity index is 2.04. The zero-order chi connectivity index (χ0) is 13.0. The lowest BCUT2D eigenvalue weighted by molar-refractivity contribution is 0.102. The predicted octanol–water partition coefficient (Wildman–Crippen LogP) is 1.93. The van der Waals surface area contributed by atoms with Crippen LogP contribution in [-0.2, 0) is 0 Å². The lowest BCUT2D eigenvalue weighted by atomic mass is 10.4. The van der Waals surface area contributed by atoms with Gasteiger partial charge >= 0.3 is 0 Å². The van der Waals surface area contributed by atoms with Crippen molar-refractivity contribution < 1.29 is 4.79 Å². The van der Waals surface area contributed by atoms with E-state index in [9.17, 15) is 4.79 Å². The molecular weight excluding hydrogens is 250 g/mol. The van der Waals surface area contributed by atoms with Crippen molar-refractivity contribution in [3.05, 3.63) is 29.2 Å². The molecule has 0 unspecified atom stereocenters. The minimum Gasteiger partial charge on any atom is -0.369 e. The van der Waals surface area contributed by atoms with Crippen molar-refractivity contribution in [3.63, 3.8) is 0 Å². The van der Waals surface area contributed by atoms with Gasteiger partial charge in [-0.3, -0.25) is 10.1 Å². The number of nitrogens with zero attached hydrogens (tertiary/aromatic N) is 3. The molecule has 0 radical (unpaired) electrons. The van der Waals surface area contributed by atoms with Crippen molar-refractivity contribution >= 4 is 28.2 Å². The number of hydrogen-bond acceptors (Lipinski definition) is 6. The summed E-state index contributed by atoms with van der Waals surface area (Å²) in [4.78, 5) is 25.0. The van der Waals surface area contributed by atoms with Gasteiger partial charge in [-0.1, -0.05) is 0 Å². The maximum atomic E-state index is 11.8. The lowest BCUT2D eigenvalue weighted by Crippen LogP contribution is -2.14. The summed E-state index contributed by atoms with van der Waals surface area (Å²) >= 11 is 1.42. The zero-order valence-electron chi connectivity index (χ0n) is 10.1.